The van der Waals surface area contributed by atoms with E-state index in [9.17, 15) is 0 Å². The van der Waals surface area contributed by atoms with Gasteiger partial charge in [-0.2, -0.15) is 5.10 Å². The molecule has 1 heterocycles. The lowest BCUT2D eigenvalue weighted by Gasteiger charge is -1.99. The van der Waals surface area contributed by atoms with Gasteiger partial charge in [0.15, 0.2) is 0 Å². The van der Waals surface area contributed by atoms with Crippen molar-refractivity contribution in [3.8, 4) is 0 Å². The van der Waals surface area contributed by atoms with Gasteiger partial charge in [0.05, 0.1) is 5.69 Å². The Morgan fingerprint density at radius 2 is 2.07 bits per heavy atom. The van der Waals surface area contributed by atoms with Crippen molar-refractivity contribution in [2.45, 2.75) is 10.8 Å². The first kappa shape index (κ1) is 10.1. The number of benzene rings is 1. The van der Waals surface area contributed by atoms with E-state index in [4.69, 9.17) is 5.73 Å². The fraction of sp³-hybridized carbons (Fsp3) is 0.182. The molecular weight excluding hydrogens is 206 g/mol. The number of aryl methyl sites for hydroxylation is 1. The fourth-order valence-electron chi connectivity index (χ4n) is 1.32. The summed E-state index contributed by atoms with van der Waals surface area (Å²) in [5.41, 5.74) is 7.83. The lowest BCUT2D eigenvalue weighted by molar-refractivity contribution is 0.738. The van der Waals surface area contributed by atoms with Crippen LogP contribution in [-0.2, 0) is 12.8 Å². The molecule has 1 aromatic carbocycles. The topological polar surface area (TPSA) is 43.8 Å². The minimum absolute atomic E-state index is 0.749. The number of hydrogen-bond donors (Lipinski definition) is 1. The number of rotatable bonds is 3. The van der Waals surface area contributed by atoms with Crippen LogP contribution in [-0.4, -0.2) is 9.78 Å². The Labute approximate surface area is 93.3 Å². The predicted octanol–water partition coefficient (Wildman–Crippen LogP) is 2.29. The molecule has 15 heavy (non-hydrogen) atoms. The summed E-state index contributed by atoms with van der Waals surface area (Å²) < 4.78 is 1.74. The predicted molar refractivity (Wildman–Crippen MR) is 63.6 cm³/mol. The molecule has 0 saturated carbocycles. The van der Waals surface area contributed by atoms with Crippen molar-refractivity contribution >= 4 is 17.4 Å². The normalized spacial score (nSPS) is 10.5. The SMILES string of the molecule is Cn1cc(N)c(SCc2ccccc2)n1. The molecule has 2 aromatic rings. The van der Waals surface area contributed by atoms with Crippen molar-refractivity contribution in [3.05, 3.63) is 42.1 Å². The average Bonchev–Trinajstić information content (AvgIpc) is 2.56. The summed E-state index contributed by atoms with van der Waals surface area (Å²) in [6.07, 6.45) is 1.83. The molecule has 0 amide bonds. The van der Waals surface area contributed by atoms with Gasteiger partial charge in [0.25, 0.3) is 0 Å². The number of thioether (sulfide) groups is 1. The van der Waals surface area contributed by atoms with E-state index >= 15 is 0 Å². The molecule has 0 spiro atoms. The highest BCUT2D eigenvalue weighted by molar-refractivity contribution is 7.98. The summed E-state index contributed by atoms with van der Waals surface area (Å²) in [5.74, 6) is 0.905. The highest BCUT2D eigenvalue weighted by Crippen LogP contribution is 2.25. The zero-order valence-electron chi connectivity index (χ0n) is 8.55. The van der Waals surface area contributed by atoms with Gasteiger partial charge in [-0.25, -0.2) is 0 Å². The third-order valence-electron chi connectivity index (χ3n) is 2.04. The first-order chi connectivity index (χ1) is 7.25. The van der Waals surface area contributed by atoms with Crippen LogP contribution >= 0.6 is 11.8 Å². The lowest BCUT2D eigenvalue weighted by atomic mass is 10.2. The summed E-state index contributed by atoms with van der Waals surface area (Å²) in [6.45, 7) is 0. The van der Waals surface area contributed by atoms with E-state index in [0.29, 0.717) is 0 Å². The van der Waals surface area contributed by atoms with Gasteiger partial charge in [-0.05, 0) is 5.56 Å². The molecule has 78 valence electrons. The van der Waals surface area contributed by atoms with Crippen LogP contribution in [0.3, 0.4) is 0 Å². The Morgan fingerprint density at radius 1 is 1.33 bits per heavy atom. The third kappa shape index (κ3) is 2.53. The van der Waals surface area contributed by atoms with Crippen molar-refractivity contribution in [2.75, 3.05) is 5.73 Å². The molecule has 0 saturated heterocycles. The van der Waals surface area contributed by atoms with Crippen LogP contribution < -0.4 is 5.73 Å². The second-order valence-corrected chi connectivity index (χ2v) is 4.30. The number of hydrogen-bond acceptors (Lipinski definition) is 3. The Balaban J connectivity index is 2.02. The monoisotopic (exact) mass is 219 g/mol. The van der Waals surface area contributed by atoms with Crippen molar-refractivity contribution in [2.24, 2.45) is 7.05 Å². The van der Waals surface area contributed by atoms with Crippen LogP contribution in [0.5, 0.6) is 0 Å². The molecular formula is C11H13N3S. The summed E-state index contributed by atoms with van der Waals surface area (Å²) in [4.78, 5) is 0. The highest BCUT2D eigenvalue weighted by Gasteiger charge is 2.04. The van der Waals surface area contributed by atoms with Crippen molar-refractivity contribution in [3.63, 3.8) is 0 Å². The van der Waals surface area contributed by atoms with Crippen LogP contribution in [0.1, 0.15) is 5.56 Å². The number of aromatic nitrogens is 2. The van der Waals surface area contributed by atoms with Crippen LogP contribution in [0.4, 0.5) is 5.69 Å². The zero-order chi connectivity index (χ0) is 10.7. The molecule has 2 N–H and O–H groups in total. The molecule has 0 atom stereocenters. The van der Waals surface area contributed by atoms with Crippen LogP contribution in [0.25, 0.3) is 0 Å². The summed E-state index contributed by atoms with van der Waals surface area (Å²) in [6, 6.07) is 10.3. The van der Waals surface area contributed by atoms with Crippen molar-refractivity contribution < 1.29 is 0 Å². The van der Waals surface area contributed by atoms with Crippen LogP contribution in [0.15, 0.2) is 41.6 Å². The molecule has 2 rings (SSSR count). The maximum absolute atomic E-state index is 5.80. The summed E-state index contributed by atoms with van der Waals surface area (Å²) in [7, 11) is 1.88. The average molecular weight is 219 g/mol. The quantitative estimate of drug-likeness (QED) is 0.805. The van der Waals surface area contributed by atoms with E-state index in [-0.39, 0.29) is 0 Å². The van der Waals surface area contributed by atoms with Gasteiger partial charge in [0.1, 0.15) is 5.03 Å². The Bertz CT molecular complexity index is 436. The maximum Gasteiger partial charge on any atom is 0.141 e. The van der Waals surface area contributed by atoms with Crippen molar-refractivity contribution in [1.29, 1.82) is 0 Å². The molecule has 0 unspecified atom stereocenters. The molecule has 0 aliphatic carbocycles. The molecule has 0 radical (unpaired) electrons. The van der Waals surface area contributed by atoms with E-state index in [2.05, 4.69) is 17.2 Å². The Kier molecular flexibility index (Phi) is 2.97. The molecule has 0 bridgehead atoms. The smallest absolute Gasteiger partial charge is 0.141 e. The summed E-state index contributed by atoms with van der Waals surface area (Å²) in [5, 5.41) is 5.18. The van der Waals surface area contributed by atoms with E-state index in [1.807, 2.05) is 31.4 Å². The first-order valence-corrected chi connectivity index (χ1v) is 5.70. The standard InChI is InChI=1S/C11H13N3S/c1-14-7-10(12)11(13-14)15-8-9-5-3-2-4-6-9/h2-7H,8,12H2,1H3. The Morgan fingerprint density at radius 3 is 2.67 bits per heavy atom. The fourth-order valence-corrected chi connectivity index (χ4v) is 2.23. The summed E-state index contributed by atoms with van der Waals surface area (Å²) >= 11 is 1.66. The van der Waals surface area contributed by atoms with E-state index in [1.54, 1.807) is 16.4 Å². The number of nitrogens with zero attached hydrogens (tertiary/aromatic N) is 2. The van der Waals surface area contributed by atoms with Gasteiger partial charge in [0.2, 0.25) is 0 Å². The van der Waals surface area contributed by atoms with Gasteiger partial charge in [-0.1, -0.05) is 42.1 Å². The van der Waals surface area contributed by atoms with Gasteiger partial charge >= 0.3 is 0 Å². The third-order valence-corrected chi connectivity index (χ3v) is 3.11. The van der Waals surface area contributed by atoms with E-state index in [0.717, 1.165) is 16.5 Å². The van der Waals surface area contributed by atoms with Crippen LogP contribution in [0.2, 0.25) is 0 Å². The van der Waals surface area contributed by atoms with E-state index < -0.39 is 0 Å². The number of nitrogen functional groups attached to an aromatic ring is 1. The molecule has 1 aromatic heterocycles. The second-order valence-electron chi connectivity index (χ2n) is 3.34. The molecule has 0 fully saturated rings. The number of anilines is 1. The van der Waals surface area contributed by atoms with Gasteiger partial charge in [-0.15, -0.1) is 0 Å². The zero-order valence-corrected chi connectivity index (χ0v) is 9.37. The molecule has 3 nitrogen and oxygen atoms in total. The molecule has 4 heteroatoms. The van der Waals surface area contributed by atoms with Gasteiger partial charge in [-0.3, -0.25) is 4.68 Å². The number of nitrogens with two attached hydrogens (primary N) is 1. The lowest BCUT2D eigenvalue weighted by Crippen LogP contribution is -1.87. The van der Waals surface area contributed by atoms with Gasteiger partial charge < -0.3 is 5.73 Å². The van der Waals surface area contributed by atoms with Crippen molar-refractivity contribution in [1.82, 2.24) is 9.78 Å². The first-order valence-electron chi connectivity index (χ1n) is 4.71. The largest absolute Gasteiger partial charge is 0.395 e. The molecule has 0 aliphatic heterocycles. The Hall–Kier alpha value is -1.42. The minimum atomic E-state index is 0.749. The van der Waals surface area contributed by atoms with E-state index in [1.165, 1.54) is 5.56 Å². The second kappa shape index (κ2) is 4.40. The molecule has 0 aliphatic rings. The maximum atomic E-state index is 5.80. The highest BCUT2D eigenvalue weighted by atomic mass is 32.2. The van der Waals surface area contributed by atoms with Gasteiger partial charge in [0, 0.05) is 19.0 Å². The van der Waals surface area contributed by atoms with Crippen LogP contribution in [0, 0.1) is 0 Å². The minimum Gasteiger partial charge on any atom is -0.395 e.